The molecule has 0 atom stereocenters. The SMILES string of the molecule is C=CCCCNC(=O)c1nn(C)cc1NC(=O)c1cccc(-c2cnn(CC=C)c2)n1. The highest BCUT2D eigenvalue weighted by atomic mass is 16.2. The molecular weight excluding hydrogens is 394 g/mol. The molecule has 0 aromatic carbocycles. The maximum Gasteiger partial charge on any atom is 0.274 e. The predicted molar refractivity (Wildman–Crippen MR) is 119 cm³/mol. The zero-order valence-corrected chi connectivity index (χ0v) is 17.4. The van der Waals surface area contributed by atoms with Crippen molar-refractivity contribution < 1.29 is 9.59 Å². The van der Waals surface area contributed by atoms with Gasteiger partial charge in [-0.2, -0.15) is 10.2 Å². The van der Waals surface area contributed by atoms with Crippen molar-refractivity contribution in [1.82, 2.24) is 29.9 Å². The maximum absolute atomic E-state index is 12.8. The molecule has 0 aliphatic heterocycles. The van der Waals surface area contributed by atoms with Crippen molar-refractivity contribution in [3.63, 3.8) is 0 Å². The number of carbonyl (C=O) groups is 2. The van der Waals surface area contributed by atoms with Crippen LogP contribution >= 0.6 is 0 Å². The van der Waals surface area contributed by atoms with Crippen LogP contribution in [0.1, 0.15) is 33.8 Å². The van der Waals surface area contributed by atoms with Crippen molar-refractivity contribution >= 4 is 17.5 Å². The Labute approximate surface area is 180 Å². The van der Waals surface area contributed by atoms with Crippen LogP contribution in [0.4, 0.5) is 5.69 Å². The van der Waals surface area contributed by atoms with Gasteiger partial charge in [-0.05, 0) is 25.0 Å². The number of nitrogens with zero attached hydrogens (tertiary/aromatic N) is 5. The zero-order chi connectivity index (χ0) is 22.2. The first-order valence-corrected chi connectivity index (χ1v) is 9.86. The minimum Gasteiger partial charge on any atom is -0.351 e. The smallest absolute Gasteiger partial charge is 0.274 e. The summed E-state index contributed by atoms with van der Waals surface area (Å²) in [6.07, 6.45) is 10.2. The fourth-order valence-corrected chi connectivity index (χ4v) is 2.92. The fourth-order valence-electron chi connectivity index (χ4n) is 2.92. The number of carbonyl (C=O) groups excluding carboxylic acids is 2. The molecule has 0 aliphatic carbocycles. The van der Waals surface area contributed by atoms with Gasteiger partial charge < -0.3 is 10.6 Å². The lowest BCUT2D eigenvalue weighted by Gasteiger charge is -2.07. The molecule has 31 heavy (non-hydrogen) atoms. The molecule has 3 aromatic heterocycles. The summed E-state index contributed by atoms with van der Waals surface area (Å²) in [4.78, 5) is 29.7. The van der Waals surface area contributed by atoms with Crippen molar-refractivity contribution in [2.45, 2.75) is 19.4 Å². The van der Waals surface area contributed by atoms with E-state index in [9.17, 15) is 9.59 Å². The van der Waals surface area contributed by atoms with Crippen LogP contribution in [0.5, 0.6) is 0 Å². The van der Waals surface area contributed by atoms with Gasteiger partial charge in [0.1, 0.15) is 5.69 Å². The Hall–Kier alpha value is -4.01. The summed E-state index contributed by atoms with van der Waals surface area (Å²) in [5, 5.41) is 13.9. The van der Waals surface area contributed by atoms with E-state index in [-0.39, 0.29) is 17.3 Å². The van der Waals surface area contributed by atoms with Crippen LogP contribution in [0, 0.1) is 0 Å². The second kappa shape index (κ2) is 10.1. The minimum absolute atomic E-state index is 0.149. The molecule has 3 heterocycles. The number of aryl methyl sites for hydroxylation is 1. The largest absolute Gasteiger partial charge is 0.351 e. The lowest BCUT2D eigenvalue weighted by Crippen LogP contribution is -2.26. The highest BCUT2D eigenvalue weighted by Gasteiger charge is 2.19. The molecular formula is C22H25N7O2. The van der Waals surface area contributed by atoms with E-state index in [1.54, 1.807) is 54.5 Å². The molecule has 0 saturated carbocycles. The van der Waals surface area contributed by atoms with Crippen LogP contribution in [-0.4, -0.2) is 42.9 Å². The third-order valence-electron chi connectivity index (χ3n) is 4.39. The molecule has 0 aliphatic rings. The van der Waals surface area contributed by atoms with E-state index in [2.05, 4.69) is 39.0 Å². The zero-order valence-electron chi connectivity index (χ0n) is 17.4. The van der Waals surface area contributed by atoms with E-state index in [0.29, 0.717) is 24.5 Å². The molecule has 0 unspecified atom stereocenters. The van der Waals surface area contributed by atoms with Gasteiger partial charge in [0.05, 0.1) is 24.1 Å². The van der Waals surface area contributed by atoms with Gasteiger partial charge in [-0.1, -0.05) is 18.2 Å². The number of unbranched alkanes of at least 4 members (excludes halogenated alkanes) is 1. The Morgan fingerprint density at radius 3 is 2.77 bits per heavy atom. The average Bonchev–Trinajstić information content (AvgIpc) is 3.38. The predicted octanol–water partition coefficient (Wildman–Crippen LogP) is 2.81. The van der Waals surface area contributed by atoms with Crippen LogP contribution in [0.3, 0.4) is 0 Å². The monoisotopic (exact) mass is 419 g/mol. The van der Waals surface area contributed by atoms with Gasteiger partial charge in [0, 0.05) is 31.5 Å². The van der Waals surface area contributed by atoms with Crippen molar-refractivity contribution in [2.75, 3.05) is 11.9 Å². The number of allylic oxidation sites excluding steroid dienone is 2. The molecule has 2 N–H and O–H groups in total. The molecule has 0 fully saturated rings. The van der Waals surface area contributed by atoms with Gasteiger partial charge in [-0.15, -0.1) is 13.2 Å². The Balaban J connectivity index is 1.74. The summed E-state index contributed by atoms with van der Waals surface area (Å²) >= 11 is 0. The van der Waals surface area contributed by atoms with Crippen LogP contribution in [-0.2, 0) is 13.6 Å². The molecule has 0 bridgehead atoms. The molecule has 9 nitrogen and oxygen atoms in total. The summed E-state index contributed by atoms with van der Waals surface area (Å²) < 4.78 is 3.21. The summed E-state index contributed by atoms with van der Waals surface area (Å²) in [5.41, 5.74) is 2.10. The Kier molecular flexibility index (Phi) is 7.10. The number of hydrogen-bond acceptors (Lipinski definition) is 5. The Morgan fingerprint density at radius 2 is 2.00 bits per heavy atom. The van der Waals surface area contributed by atoms with Gasteiger partial charge in [0.25, 0.3) is 11.8 Å². The number of rotatable bonds is 10. The van der Waals surface area contributed by atoms with Gasteiger partial charge in [0.15, 0.2) is 5.69 Å². The second-order valence-electron chi connectivity index (χ2n) is 6.85. The van der Waals surface area contributed by atoms with Gasteiger partial charge in [0.2, 0.25) is 0 Å². The summed E-state index contributed by atoms with van der Waals surface area (Å²) in [6.45, 7) is 8.43. The Bertz CT molecular complexity index is 1100. The summed E-state index contributed by atoms with van der Waals surface area (Å²) in [7, 11) is 1.68. The first-order chi connectivity index (χ1) is 15.0. The van der Waals surface area contributed by atoms with Crippen LogP contribution < -0.4 is 10.6 Å². The minimum atomic E-state index is -0.436. The Morgan fingerprint density at radius 1 is 1.16 bits per heavy atom. The highest BCUT2D eigenvalue weighted by Crippen LogP contribution is 2.18. The van der Waals surface area contributed by atoms with E-state index in [4.69, 9.17) is 0 Å². The topological polar surface area (TPSA) is 107 Å². The molecule has 0 saturated heterocycles. The first kappa shape index (κ1) is 21.7. The standard InChI is InChI=1S/C22H25N7O2/c1-4-6-7-11-23-22(31)20-19(15-28(3)27-20)26-21(30)18-10-8-9-17(25-18)16-13-24-29(14-16)12-5-2/h4-5,8-10,13-15H,1-2,6-7,11-12H2,3H3,(H,23,31)(H,26,30). The fraction of sp³-hybridized carbons (Fsp3) is 0.227. The third-order valence-corrected chi connectivity index (χ3v) is 4.39. The lowest BCUT2D eigenvalue weighted by molar-refractivity contribution is 0.0948. The lowest BCUT2D eigenvalue weighted by atomic mass is 10.2. The van der Waals surface area contributed by atoms with Gasteiger partial charge >= 0.3 is 0 Å². The van der Waals surface area contributed by atoms with Crippen molar-refractivity contribution in [3.05, 3.63) is 73.5 Å². The maximum atomic E-state index is 12.8. The molecule has 3 aromatic rings. The molecule has 0 spiro atoms. The molecule has 0 radical (unpaired) electrons. The van der Waals surface area contributed by atoms with Crippen molar-refractivity contribution in [2.24, 2.45) is 7.05 Å². The van der Waals surface area contributed by atoms with Crippen molar-refractivity contribution in [3.8, 4) is 11.3 Å². The molecule has 160 valence electrons. The number of pyridine rings is 1. The second-order valence-corrected chi connectivity index (χ2v) is 6.85. The quantitative estimate of drug-likeness (QED) is 0.388. The van der Waals surface area contributed by atoms with E-state index in [1.165, 1.54) is 4.68 Å². The summed E-state index contributed by atoms with van der Waals surface area (Å²) in [6, 6.07) is 5.16. The molecule has 3 rings (SSSR count). The summed E-state index contributed by atoms with van der Waals surface area (Å²) in [5.74, 6) is -0.787. The van der Waals surface area contributed by atoms with Crippen LogP contribution in [0.25, 0.3) is 11.3 Å². The van der Waals surface area contributed by atoms with E-state index in [1.807, 2.05) is 6.20 Å². The first-order valence-electron chi connectivity index (χ1n) is 9.86. The van der Waals surface area contributed by atoms with E-state index < -0.39 is 5.91 Å². The highest BCUT2D eigenvalue weighted by molar-refractivity contribution is 6.07. The van der Waals surface area contributed by atoms with Crippen molar-refractivity contribution in [1.29, 1.82) is 0 Å². The number of aromatic nitrogens is 5. The normalized spacial score (nSPS) is 10.5. The van der Waals surface area contributed by atoms with Gasteiger partial charge in [-0.3, -0.25) is 19.0 Å². The molecule has 2 amide bonds. The number of hydrogen-bond donors (Lipinski definition) is 2. The van der Waals surface area contributed by atoms with Crippen LogP contribution in [0.15, 0.2) is 62.1 Å². The van der Waals surface area contributed by atoms with Gasteiger partial charge in [-0.25, -0.2) is 4.98 Å². The molecule has 9 heteroatoms. The average molecular weight is 419 g/mol. The number of nitrogens with one attached hydrogen (secondary N) is 2. The van der Waals surface area contributed by atoms with Crippen LogP contribution in [0.2, 0.25) is 0 Å². The third kappa shape index (κ3) is 5.53. The van der Waals surface area contributed by atoms with E-state index >= 15 is 0 Å². The van der Waals surface area contributed by atoms with E-state index in [0.717, 1.165) is 18.4 Å². The number of amides is 2. The number of anilines is 1.